The number of carbonyl (C=O) groups excluding carboxylic acids is 2. The Bertz CT molecular complexity index is 311. The lowest BCUT2D eigenvalue weighted by molar-refractivity contribution is -0.131. The number of carbonyl (C=O) groups is 2. The fraction of sp³-hybridized carbons (Fsp3) is 0.846. The molecule has 18 heavy (non-hydrogen) atoms. The van der Waals surface area contributed by atoms with Crippen LogP contribution in [0.15, 0.2) is 0 Å². The second kappa shape index (κ2) is 6.41. The van der Waals surface area contributed by atoms with E-state index in [0.29, 0.717) is 6.54 Å². The number of nitrogens with one attached hydrogen (secondary N) is 2. The van der Waals surface area contributed by atoms with Gasteiger partial charge in [-0.3, -0.25) is 14.5 Å². The van der Waals surface area contributed by atoms with Crippen LogP contribution in [-0.2, 0) is 9.59 Å². The van der Waals surface area contributed by atoms with Gasteiger partial charge in [-0.25, -0.2) is 0 Å². The van der Waals surface area contributed by atoms with Gasteiger partial charge in [0.25, 0.3) is 0 Å². The summed E-state index contributed by atoms with van der Waals surface area (Å²) >= 11 is 0. The predicted molar refractivity (Wildman–Crippen MR) is 73.8 cm³/mol. The summed E-state index contributed by atoms with van der Waals surface area (Å²) in [6.07, 6.45) is 0. The Labute approximate surface area is 110 Å². The summed E-state index contributed by atoms with van der Waals surface area (Å²) in [5.74, 6) is 0.139. The smallest absolute Gasteiger partial charge is 0.166 e. The molecule has 0 spiro atoms. The zero-order valence-electron chi connectivity index (χ0n) is 12.7. The Balaban J connectivity index is 4.71. The van der Waals surface area contributed by atoms with E-state index < -0.39 is 11.1 Å². The van der Waals surface area contributed by atoms with Crippen molar-refractivity contribution < 1.29 is 9.59 Å². The molecule has 0 aliphatic rings. The highest BCUT2D eigenvalue weighted by Gasteiger charge is 2.35. The van der Waals surface area contributed by atoms with Crippen LogP contribution in [0.2, 0.25) is 0 Å². The molecule has 0 radical (unpaired) electrons. The molecule has 0 aromatic carbocycles. The highest BCUT2D eigenvalue weighted by Crippen LogP contribution is 2.15. The standard InChI is InChI=1S/C13H27N3O2/c1-12(2,15-6)11(18)9-16(7)13(3,4)10(17)8-14-5/h14-15H,8-9H2,1-7H3. The van der Waals surface area contributed by atoms with Crippen molar-refractivity contribution in [1.82, 2.24) is 15.5 Å². The maximum absolute atomic E-state index is 12.1. The molecule has 0 aliphatic carbocycles. The molecule has 0 heterocycles. The highest BCUT2D eigenvalue weighted by atomic mass is 16.1. The number of nitrogens with zero attached hydrogens (tertiary/aromatic N) is 1. The third-order valence-electron chi connectivity index (χ3n) is 3.68. The molecule has 2 N–H and O–H groups in total. The second-order valence-electron chi connectivity index (χ2n) is 5.67. The van der Waals surface area contributed by atoms with E-state index in [0.717, 1.165) is 0 Å². The molecule has 0 unspecified atom stereocenters. The molecule has 5 heteroatoms. The molecule has 0 saturated carbocycles. The maximum Gasteiger partial charge on any atom is 0.166 e. The van der Waals surface area contributed by atoms with Gasteiger partial charge in [-0.1, -0.05) is 0 Å². The first-order valence-corrected chi connectivity index (χ1v) is 6.21. The summed E-state index contributed by atoms with van der Waals surface area (Å²) in [4.78, 5) is 25.9. The van der Waals surface area contributed by atoms with E-state index in [1.165, 1.54) is 0 Å². The minimum Gasteiger partial charge on any atom is -0.313 e. The zero-order chi connectivity index (χ0) is 14.6. The first-order chi connectivity index (χ1) is 8.09. The van der Waals surface area contributed by atoms with E-state index in [4.69, 9.17) is 0 Å². The van der Waals surface area contributed by atoms with Gasteiger partial charge < -0.3 is 10.6 Å². The largest absolute Gasteiger partial charge is 0.313 e. The van der Waals surface area contributed by atoms with Crippen LogP contribution in [0.25, 0.3) is 0 Å². The summed E-state index contributed by atoms with van der Waals surface area (Å²) in [5.41, 5.74) is -1.22. The number of likely N-dealkylation sites (N-methyl/N-ethyl adjacent to an activating group) is 3. The molecule has 0 rings (SSSR count). The average molecular weight is 257 g/mol. The summed E-state index contributed by atoms with van der Waals surface area (Å²) in [6.45, 7) is 7.91. The molecule has 0 bridgehead atoms. The minimum atomic E-state index is -0.650. The van der Waals surface area contributed by atoms with Gasteiger partial charge in [0.2, 0.25) is 0 Å². The number of rotatable bonds is 8. The molecular weight excluding hydrogens is 230 g/mol. The van der Waals surface area contributed by atoms with Crippen LogP contribution in [0.4, 0.5) is 0 Å². The fourth-order valence-corrected chi connectivity index (χ4v) is 1.34. The van der Waals surface area contributed by atoms with Crippen LogP contribution in [0, 0.1) is 0 Å². The number of hydrogen-bond donors (Lipinski definition) is 2. The summed E-state index contributed by atoms with van der Waals surface area (Å²) in [7, 11) is 5.30. The zero-order valence-corrected chi connectivity index (χ0v) is 12.7. The predicted octanol–water partition coefficient (Wildman–Crippen LogP) is 0.0524. The Morgan fingerprint density at radius 1 is 1.06 bits per heavy atom. The van der Waals surface area contributed by atoms with Gasteiger partial charge in [0.15, 0.2) is 11.6 Å². The normalized spacial score (nSPS) is 12.9. The van der Waals surface area contributed by atoms with Crippen LogP contribution in [0.5, 0.6) is 0 Å². The van der Waals surface area contributed by atoms with E-state index in [1.807, 2.05) is 27.7 Å². The van der Waals surface area contributed by atoms with Crippen molar-refractivity contribution in [3.63, 3.8) is 0 Å². The Morgan fingerprint density at radius 3 is 1.94 bits per heavy atom. The SMILES string of the molecule is CNCC(=O)C(C)(C)N(C)CC(=O)C(C)(C)NC. The summed E-state index contributed by atoms with van der Waals surface area (Å²) < 4.78 is 0. The van der Waals surface area contributed by atoms with Crippen LogP contribution >= 0.6 is 0 Å². The van der Waals surface area contributed by atoms with Gasteiger partial charge in [-0.05, 0) is 48.8 Å². The van der Waals surface area contributed by atoms with Crippen LogP contribution in [0.3, 0.4) is 0 Å². The van der Waals surface area contributed by atoms with Gasteiger partial charge in [0, 0.05) is 0 Å². The molecule has 0 fully saturated rings. The van der Waals surface area contributed by atoms with Gasteiger partial charge in [-0.2, -0.15) is 0 Å². The van der Waals surface area contributed by atoms with Crippen molar-refractivity contribution in [3.8, 4) is 0 Å². The Morgan fingerprint density at radius 2 is 1.56 bits per heavy atom. The van der Waals surface area contributed by atoms with Crippen molar-refractivity contribution >= 4 is 11.6 Å². The lowest BCUT2D eigenvalue weighted by Crippen LogP contribution is -2.56. The van der Waals surface area contributed by atoms with Gasteiger partial charge in [0.05, 0.1) is 24.2 Å². The molecule has 0 aromatic heterocycles. The Kier molecular flexibility index (Phi) is 6.13. The molecule has 0 aromatic rings. The van der Waals surface area contributed by atoms with Gasteiger partial charge in [0.1, 0.15) is 0 Å². The minimum absolute atomic E-state index is 0.0674. The highest BCUT2D eigenvalue weighted by molar-refractivity contribution is 5.92. The third kappa shape index (κ3) is 4.15. The fourth-order valence-electron chi connectivity index (χ4n) is 1.34. The summed E-state index contributed by atoms with van der Waals surface area (Å²) in [6, 6.07) is 0. The monoisotopic (exact) mass is 257 g/mol. The third-order valence-corrected chi connectivity index (χ3v) is 3.68. The topological polar surface area (TPSA) is 61.4 Å². The van der Waals surface area contributed by atoms with Gasteiger partial charge in [-0.15, -0.1) is 0 Å². The van der Waals surface area contributed by atoms with Crippen LogP contribution in [-0.4, -0.2) is 61.8 Å². The van der Waals surface area contributed by atoms with Crippen molar-refractivity contribution in [2.45, 2.75) is 38.8 Å². The molecule has 5 nitrogen and oxygen atoms in total. The van der Waals surface area contributed by atoms with E-state index >= 15 is 0 Å². The first kappa shape index (κ1) is 17.2. The molecular formula is C13H27N3O2. The maximum atomic E-state index is 12.1. The van der Waals surface area contributed by atoms with E-state index in [2.05, 4.69) is 10.6 Å². The van der Waals surface area contributed by atoms with Crippen molar-refractivity contribution in [3.05, 3.63) is 0 Å². The second-order valence-corrected chi connectivity index (χ2v) is 5.67. The lowest BCUT2D eigenvalue weighted by atomic mass is 9.93. The first-order valence-electron chi connectivity index (χ1n) is 6.21. The average Bonchev–Trinajstić information content (AvgIpc) is 2.28. The lowest BCUT2D eigenvalue weighted by Gasteiger charge is -2.35. The number of hydrogen-bond acceptors (Lipinski definition) is 5. The Hall–Kier alpha value is -0.780. The number of Topliss-reactive ketones (excluding diaryl/α,β-unsaturated/α-hetero) is 2. The summed E-state index contributed by atoms with van der Waals surface area (Å²) in [5, 5.41) is 5.83. The van der Waals surface area contributed by atoms with E-state index in [9.17, 15) is 9.59 Å². The van der Waals surface area contributed by atoms with Crippen LogP contribution in [0.1, 0.15) is 27.7 Å². The van der Waals surface area contributed by atoms with Crippen molar-refractivity contribution in [2.24, 2.45) is 0 Å². The van der Waals surface area contributed by atoms with E-state index in [-0.39, 0.29) is 18.1 Å². The van der Waals surface area contributed by atoms with Crippen molar-refractivity contribution in [1.29, 1.82) is 0 Å². The molecule has 106 valence electrons. The van der Waals surface area contributed by atoms with Crippen molar-refractivity contribution in [2.75, 3.05) is 34.2 Å². The molecule has 0 aliphatic heterocycles. The van der Waals surface area contributed by atoms with E-state index in [1.54, 1.807) is 26.0 Å². The molecule has 0 amide bonds. The molecule has 0 saturated heterocycles. The van der Waals surface area contributed by atoms with Crippen LogP contribution < -0.4 is 10.6 Å². The quantitative estimate of drug-likeness (QED) is 0.643. The number of ketones is 2. The van der Waals surface area contributed by atoms with Gasteiger partial charge >= 0.3 is 0 Å². The molecule has 0 atom stereocenters.